The Labute approximate surface area is 280 Å². The quantitative estimate of drug-likeness (QED) is 0.166. The van der Waals surface area contributed by atoms with Crippen LogP contribution in [-0.4, -0.2) is 55.2 Å². The molecule has 1 N–H and O–H groups in total. The van der Waals surface area contributed by atoms with Gasteiger partial charge in [-0.25, -0.2) is 9.78 Å². The van der Waals surface area contributed by atoms with Crippen LogP contribution in [0.25, 0.3) is 11.0 Å². The standard InChI is InChI=1S/C35H34ClN5O5S/c1-35(30-8-7-24(36)15-38-30)45-28-4-2-3-26(33(28)46-35)22-9-11-40(12-10-22)18-31-39-32-27(41(31)17-25-16-37-20-47-25)13-23(34(42)43)14-29(32)44-19-21-5-6-21/h2-4,7-8,13-16,20-22H,5-6,9-12,17-19H2,1H3,(H,42,43)/t35-/m0/s1. The fourth-order valence-electron chi connectivity index (χ4n) is 6.56. The molecule has 5 heterocycles. The summed E-state index contributed by atoms with van der Waals surface area (Å²) >= 11 is 7.65. The van der Waals surface area contributed by atoms with Crippen LogP contribution >= 0.6 is 22.9 Å². The van der Waals surface area contributed by atoms with E-state index in [9.17, 15) is 9.90 Å². The maximum absolute atomic E-state index is 12.1. The van der Waals surface area contributed by atoms with Crippen molar-refractivity contribution in [3.63, 3.8) is 0 Å². The third-order valence-electron chi connectivity index (χ3n) is 9.31. The number of para-hydroxylation sites is 1. The Morgan fingerprint density at radius 3 is 2.68 bits per heavy atom. The smallest absolute Gasteiger partial charge is 0.335 e. The topological polar surface area (TPSA) is 112 Å². The Morgan fingerprint density at radius 2 is 1.96 bits per heavy atom. The average molecular weight is 672 g/mol. The lowest BCUT2D eigenvalue weighted by atomic mass is 9.88. The first kappa shape index (κ1) is 30.2. The predicted molar refractivity (Wildman–Crippen MR) is 178 cm³/mol. The molecule has 12 heteroatoms. The number of carboxylic acids is 1. The Balaban J connectivity index is 1.03. The molecule has 0 amide bonds. The molecule has 1 atom stereocenters. The van der Waals surface area contributed by atoms with E-state index in [2.05, 4.69) is 25.5 Å². The Morgan fingerprint density at radius 1 is 1.11 bits per heavy atom. The van der Waals surface area contributed by atoms with Crippen molar-refractivity contribution in [1.29, 1.82) is 0 Å². The van der Waals surface area contributed by atoms with Crippen LogP contribution in [0.2, 0.25) is 5.02 Å². The molecule has 10 nitrogen and oxygen atoms in total. The van der Waals surface area contributed by atoms with Gasteiger partial charge in [-0.3, -0.25) is 14.9 Å². The molecular formula is C35H34ClN5O5S. The molecule has 0 unspecified atom stereocenters. The van der Waals surface area contributed by atoms with Gasteiger partial charge in [-0.05, 0) is 80.9 Å². The number of benzene rings is 2. The van der Waals surface area contributed by atoms with E-state index in [1.54, 1.807) is 35.7 Å². The van der Waals surface area contributed by atoms with Gasteiger partial charge in [0.25, 0.3) is 5.79 Å². The first-order valence-electron chi connectivity index (χ1n) is 15.9. The van der Waals surface area contributed by atoms with Crippen LogP contribution in [-0.2, 0) is 18.9 Å². The second-order valence-electron chi connectivity index (χ2n) is 12.7. The van der Waals surface area contributed by atoms with Gasteiger partial charge in [0.15, 0.2) is 11.5 Å². The zero-order chi connectivity index (χ0) is 32.1. The summed E-state index contributed by atoms with van der Waals surface area (Å²) in [5.41, 5.74) is 5.30. The number of aromatic nitrogens is 4. The number of carboxylic acid groups (broad SMARTS) is 1. The number of fused-ring (bicyclic) bond motifs is 2. The number of hydrogen-bond acceptors (Lipinski definition) is 9. The van der Waals surface area contributed by atoms with Crippen molar-refractivity contribution in [3.8, 4) is 17.2 Å². The summed E-state index contributed by atoms with van der Waals surface area (Å²) in [6.07, 6.45) is 7.65. The number of piperidine rings is 1. The lowest BCUT2D eigenvalue weighted by molar-refractivity contribution is -0.0722. The molecule has 2 fully saturated rings. The van der Waals surface area contributed by atoms with Crippen LogP contribution < -0.4 is 14.2 Å². The van der Waals surface area contributed by atoms with Gasteiger partial charge in [-0.15, -0.1) is 11.3 Å². The minimum absolute atomic E-state index is 0.200. The molecule has 2 aliphatic heterocycles. The van der Waals surface area contributed by atoms with Crippen LogP contribution in [0.15, 0.2) is 60.4 Å². The molecule has 0 bridgehead atoms. The molecule has 3 aromatic heterocycles. The Hall–Kier alpha value is -4.19. The highest BCUT2D eigenvalue weighted by Gasteiger charge is 2.42. The zero-order valence-electron chi connectivity index (χ0n) is 25.9. The summed E-state index contributed by atoms with van der Waals surface area (Å²) < 4.78 is 21.1. The summed E-state index contributed by atoms with van der Waals surface area (Å²) in [5.74, 6) is 1.76. The molecule has 0 spiro atoms. The monoisotopic (exact) mass is 671 g/mol. The van der Waals surface area contributed by atoms with Crippen molar-refractivity contribution in [3.05, 3.63) is 92.9 Å². The normalized spacial score (nSPS) is 19.8. The van der Waals surface area contributed by atoms with Crippen LogP contribution in [0, 0.1) is 5.92 Å². The van der Waals surface area contributed by atoms with Crippen molar-refractivity contribution in [2.75, 3.05) is 19.7 Å². The number of likely N-dealkylation sites (tertiary alicyclic amines) is 1. The first-order chi connectivity index (χ1) is 22.8. The number of ether oxygens (including phenoxy) is 3. The van der Waals surface area contributed by atoms with E-state index in [1.807, 2.05) is 36.8 Å². The van der Waals surface area contributed by atoms with Gasteiger partial charge in [0.05, 0.1) is 41.3 Å². The summed E-state index contributed by atoms with van der Waals surface area (Å²) in [6, 6.07) is 13.1. The summed E-state index contributed by atoms with van der Waals surface area (Å²) in [5, 5.41) is 10.5. The van der Waals surface area contributed by atoms with Gasteiger partial charge in [0, 0.05) is 29.8 Å². The molecule has 0 radical (unpaired) electrons. The number of nitrogens with zero attached hydrogens (tertiary/aromatic N) is 5. The van der Waals surface area contributed by atoms with E-state index < -0.39 is 11.8 Å². The van der Waals surface area contributed by atoms with Crippen LogP contribution in [0.4, 0.5) is 0 Å². The largest absolute Gasteiger partial charge is 0.491 e. The van der Waals surface area contributed by atoms with E-state index in [1.165, 1.54) is 0 Å². The fraction of sp³-hybridized carbons (Fsp3) is 0.371. The number of thiazole rings is 1. The molecule has 3 aliphatic rings. The molecule has 47 heavy (non-hydrogen) atoms. The van der Waals surface area contributed by atoms with Gasteiger partial charge in [0.1, 0.15) is 22.8 Å². The minimum atomic E-state index is -1.03. The fourth-order valence-corrected chi connectivity index (χ4v) is 7.25. The maximum Gasteiger partial charge on any atom is 0.335 e. The molecule has 5 aromatic rings. The number of aromatic carboxylic acids is 1. The van der Waals surface area contributed by atoms with Gasteiger partial charge < -0.3 is 23.9 Å². The molecule has 242 valence electrons. The molecule has 8 rings (SSSR count). The van der Waals surface area contributed by atoms with E-state index in [0.717, 1.165) is 72.1 Å². The van der Waals surface area contributed by atoms with Crippen molar-refractivity contribution in [1.82, 2.24) is 24.4 Å². The lowest BCUT2D eigenvalue weighted by Crippen LogP contribution is -2.34. The van der Waals surface area contributed by atoms with Crippen molar-refractivity contribution < 1.29 is 24.1 Å². The highest BCUT2D eigenvalue weighted by molar-refractivity contribution is 7.09. The van der Waals surface area contributed by atoms with Gasteiger partial charge in [-0.1, -0.05) is 23.7 Å². The number of hydrogen-bond donors (Lipinski definition) is 1. The summed E-state index contributed by atoms with van der Waals surface area (Å²) in [6.45, 7) is 5.41. The Bertz CT molecular complexity index is 1940. The summed E-state index contributed by atoms with van der Waals surface area (Å²) in [7, 11) is 0. The number of halogens is 1. The Kier molecular flexibility index (Phi) is 7.78. The molecule has 2 aromatic carbocycles. The summed E-state index contributed by atoms with van der Waals surface area (Å²) in [4.78, 5) is 29.4. The highest BCUT2D eigenvalue weighted by Crippen LogP contribution is 2.49. The van der Waals surface area contributed by atoms with Gasteiger partial charge in [-0.2, -0.15) is 0 Å². The SMILES string of the molecule is C[C@]1(c2ccc(Cl)cn2)Oc2cccc(C3CCN(Cc4nc5c(OCC6CC6)cc(C(=O)O)cc5n4Cc4cncs4)CC3)c2O1. The van der Waals surface area contributed by atoms with Crippen molar-refractivity contribution in [2.24, 2.45) is 5.92 Å². The third kappa shape index (κ3) is 6.03. The average Bonchev–Trinajstić information content (AvgIpc) is 3.45. The minimum Gasteiger partial charge on any atom is -0.491 e. The van der Waals surface area contributed by atoms with E-state index in [4.69, 9.17) is 30.8 Å². The third-order valence-corrected chi connectivity index (χ3v) is 10.3. The van der Waals surface area contributed by atoms with E-state index >= 15 is 0 Å². The second-order valence-corrected chi connectivity index (χ2v) is 14.1. The zero-order valence-corrected chi connectivity index (χ0v) is 27.5. The molecule has 1 saturated heterocycles. The van der Waals surface area contributed by atoms with E-state index in [-0.39, 0.29) is 5.56 Å². The second kappa shape index (κ2) is 12.1. The number of imidazole rings is 1. The maximum atomic E-state index is 12.1. The van der Waals surface area contributed by atoms with Gasteiger partial charge >= 0.3 is 5.97 Å². The molecular weight excluding hydrogens is 638 g/mol. The first-order valence-corrected chi connectivity index (χ1v) is 17.2. The van der Waals surface area contributed by atoms with E-state index in [0.29, 0.717) is 53.5 Å². The molecule has 1 saturated carbocycles. The highest BCUT2D eigenvalue weighted by atomic mass is 35.5. The number of rotatable bonds is 10. The number of carbonyl (C=O) groups is 1. The van der Waals surface area contributed by atoms with Gasteiger partial charge in [0.2, 0.25) is 0 Å². The van der Waals surface area contributed by atoms with Crippen LogP contribution in [0.1, 0.15) is 70.8 Å². The van der Waals surface area contributed by atoms with Crippen LogP contribution in [0.3, 0.4) is 0 Å². The number of pyridine rings is 1. The predicted octanol–water partition coefficient (Wildman–Crippen LogP) is 7.10. The lowest BCUT2D eigenvalue weighted by Gasteiger charge is -2.32. The van der Waals surface area contributed by atoms with Crippen molar-refractivity contribution in [2.45, 2.75) is 57.4 Å². The van der Waals surface area contributed by atoms with Crippen LogP contribution in [0.5, 0.6) is 17.2 Å². The molecule has 1 aliphatic carbocycles. The van der Waals surface area contributed by atoms with Crippen molar-refractivity contribution >= 4 is 39.9 Å².